The second kappa shape index (κ2) is 3.24. The van der Waals surface area contributed by atoms with E-state index in [1.54, 1.807) is 11.3 Å². The van der Waals surface area contributed by atoms with E-state index < -0.39 is 0 Å². The quantitative estimate of drug-likeness (QED) is 0.708. The number of aldehydes is 1. The number of hydrogen-bond donors (Lipinski definition) is 0. The number of fused-ring (bicyclic) bond motifs is 1. The number of carbonyl (C=O) groups is 1. The van der Waals surface area contributed by atoms with Gasteiger partial charge in [0.25, 0.3) is 0 Å². The number of rotatable bonds is 1. The minimum atomic E-state index is 0.774. The van der Waals surface area contributed by atoms with Gasteiger partial charge in [-0.05, 0) is 25.1 Å². The largest absolute Gasteiger partial charge is 0.298 e. The molecule has 0 saturated heterocycles. The van der Waals surface area contributed by atoms with Gasteiger partial charge in [0.2, 0.25) is 0 Å². The molecule has 0 spiro atoms. The van der Waals surface area contributed by atoms with Crippen molar-refractivity contribution in [2.75, 3.05) is 0 Å². The van der Waals surface area contributed by atoms with Crippen LogP contribution < -0.4 is 0 Å². The van der Waals surface area contributed by atoms with Gasteiger partial charge < -0.3 is 0 Å². The molecular formula is C10H7BrOS. The van der Waals surface area contributed by atoms with Gasteiger partial charge >= 0.3 is 0 Å². The Morgan fingerprint density at radius 2 is 2.23 bits per heavy atom. The third kappa shape index (κ3) is 1.42. The summed E-state index contributed by atoms with van der Waals surface area (Å²) in [4.78, 5) is 12.0. The van der Waals surface area contributed by atoms with Crippen LogP contribution in [0.4, 0.5) is 0 Å². The lowest BCUT2D eigenvalue weighted by molar-refractivity contribution is 0.112. The fraction of sp³-hybridized carbons (Fsp3) is 0.100. The van der Waals surface area contributed by atoms with Crippen LogP contribution in [-0.4, -0.2) is 6.29 Å². The monoisotopic (exact) mass is 254 g/mol. The molecule has 0 atom stereocenters. The Bertz CT molecular complexity index is 473. The third-order valence-corrected chi connectivity index (χ3v) is 3.70. The zero-order valence-electron chi connectivity index (χ0n) is 7.00. The van der Waals surface area contributed by atoms with Crippen molar-refractivity contribution in [1.29, 1.82) is 0 Å². The van der Waals surface area contributed by atoms with Crippen molar-refractivity contribution < 1.29 is 4.79 Å². The molecule has 0 bridgehead atoms. The molecule has 2 rings (SSSR count). The van der Waals surface area contributed by atoms with Crippen LogP contribution in [0.1, 0.15) is 15.2 Å². The van der Waals surface area contributed by atoms with Crippen LogP contribution in [0, 0.1) is 6.92 Å². The van der Waals surface area contributed by atoms with Crippen molar-refractivity contribution in [3.8, 4) is 0 Å². The van der Waals surface area contributed by atoms with E-state index in [1.165, 1.54) is 4.88 Å². The van der Waals surface area contributed by atoms with E-state index in [2.05, 4.69) is 22.0 Å². The van der Waals surface area contributed by atoms with Crippen LogP contribution >= 0.6 is 27.3 Å². The highest BCUT2D eigenvalue weighted by molar-refractivity contribution is 9.10. The number of halogens is 1. The van der Waals surface area contributed by atoms with Crippen molar-refractivity contribution in [3.63, 3.8) is 0 Å². The summed E-state index contributed by atoms with van der Waals surface area (Å²) in [6, 6.07) is 5.85. The molecule has 1 aromatic carbocycles. The summed E-state index contributed by atoms with van der Waals surface area (Å²) in [5, 5.41) is 1.13. The minimum Gasteiger partial charge on any atom is -0.298 e. The Morgan fingerprint density at radius 1 is 1.46 bits per heavy atom. The Kier molecular flexibility index (Phi) is 2.22. The van der Waals surface area contributed by atoms with Gasteiger partial charge in [-0.2, -0.15) is 0 Å². The first-order valence-corrected chi connectivity index (χ1v) is 5.47. The van der Waals surface area contributed by atoms with E-state index in [0.717, 1.165) is 26.4 Å². The lowest BCUT2D eigenvalue weighted by Crippen LogP contribution is -1.78. The van der Waals surface area contributed by atoms with Crippen LogP contribution in [0.5, 0.6) is 0 Å². The van der Waals surface area contributed by atoms with Gasteiger partial charge in [0.05, 0.1) is 0 Å². The van der Waals surface area contributed by atoms with Gasteiger partial charge in [-0.1, -0.05) is 15.9 Å². The van der Waals surface area contributed by atoms with Gasteiger partial charge in [-0.3, -0.25) is 4.79 Å². The Labute approximate surface area is 88.5 Å². The van der Waals surface area contributed by atoms with Crippen molar-refractivity contribution in [3.05, 3.63) is 33.1 Å². The number of thiophene rings is 1. The molecule has 1 aromatic heterocycles. The second-order valence-corrected chi connectivity index (χ2v) is 4.96. The van der Waals surface area contributed by atoms with E-state index >= 15 is 0 Å². The molecule has 0 saturated carbocycles. The molecule has 0 unspecified atom stereocenters. The Morgan fingerprint density at radius 3 is 2.92 bits per heavy atom. The highest BCUT2D eigenvalue weighted by atomic mass is 79.9. The molecule has 0 aliphatic rings. The average Bonchev–Trinajstić information content (AvgIpc) is 2.48. The Balaban J connectivity index is 2.91. The van der Waals surface area contributed by atoms with Gasteiger partial charge in [-0.25, -0.2) is 0 Å². The standard InChI is InChI=1S/C10H7BrOS/c1-6-4-8-9(11)3-2-7(5-12)10(8)13-6/h2-5H,1H3. The van der Waals surface area contributed by atoms with E-state index in [0.29, 0.717) is 0 Å². The fourth-order valence-corrected chi connectivity index (χ4v) is 2.91. The first-order chi connectivity index (χ1) is 6.22. The van der Waals surface area contributed by atoms with Crippen molar-refractivity contribution >= 4 is 43.6 Å². The first-order valence-electron chi connectivity index (χ1n) is 3.86. The lowest BCUT2D eigenvalue weighted by Gasteiger charge is -1.95. The zero-order valence-corrected chi connectivity index (χ0v) is 9.41. The van der Waals surface area contributed by atoms with Gasteiger partial charge in [0.15, 0.2) is 6.29 Å². The van der Waals surface area contributed by atoms with Crippen LogP contribution in [0.3, 0.4) is 0 Å². The van der Waals surface area contributed by atoms with Gasteiger partial charge in [0, 0.05) is 25.0 Å². The molecule has 1 heterocycles. The molecule has 0 fully saturated rings. The SMILES string of the molecule is Cc1cc2c(Br)ccc(C=O)c2s1. The molecule has 0 N–H and O–H groups in total. The van der Waals surface area contributed by atoms with Crippen molar-refractivity contribution in [2.24, 2.45) is 0 Å². The predicted octanol–water partition coefficient (Wildman–Crippen LogP) is 3.78. The summed E-state index contributed by atoms with van der Waals surface area (Å²) in [5.41, 5.74) is 0.774. The summed E-state index contributed by atoms with van der Waals surface area (Å²) in [7, 11) is 0. The highest BCUT2D eigenvalue weighted by Crippen LogP contribution is 2.32. The van der Waals surface area contributed by atoms with Crippen LogP contribution in [0.2, 0.25) is 0 Å². The number of aryl methyl sites for hydroxylation is 1. The molecule has 0 amide bonds. The van der Waals surface area contributed by atoms with Crippen molar-refractivity contribution in [1.82, 2.24) is 0 Å². The number of carbonyl (C=O) groups excluding carboxylic acids is 1. The molecular weight excluding hydrogens is 248 g/mol. The zero-order chi connectivity index (χ0) is 9.42. The number of benzene rings is 1. The van der Waals surface area contributed by atoms with E-state index in [4.69, 9.17) is 0 Å². The maximum atomic E-state index is 10.7. The molecule has 13 heavy (non-hydrogen) atoms. The fourth-order valence-electron chi connectivity index (χ4n) is 1.33. The molecule has 1 nitrogen and oxygen atoms in total. The van der Waals surface area contributed by atoms with Gasteiger partial charge in [0.1, 0.15) is 0 Å². The third-order valence-electron chi connectivity index (χ3n) is 1.91. The molecule has 66 valence electrons. The van der Waals surface area contributed by atoms with E-state index in [-0.39, 0.29) is 0 Å². The molecule has 3 heteroatoms. The van der Waals surface area contributed by atoms with Crippen LogP contribution in [0.25, 0.3) is 10.1 Å². The van der Waals surface area contributed by atoms with Crippen LogP contribution in [-0.2, 0) is 0 Å². The summed E-state index contributed by atoms with van der Waals surface area (Å²) >= 11 is 5.12. The molecule has 2 aromatic rings. The number of hydrogen-bond acceptors (Lipinski definition) is 2. The first kappa shape index (κ1) is 8.91. The second-order valence-electron chi connectivity index (χ2n) is 2.85. The smallest absolute Gasteiger partial charge is 0.151 e. The summed E-state index contributed by atoms with van der Waals surface area (Å²) in [6.07, 6.45) is 0.907. The van der Waals surface area contributed by atoms with Crippen LogP contribution in [0.15, 0.2) is 22.7 Å². The maximum absolute atomic E-state index is 10.7. The van der Waals surface area contributed by atoms with Gasteiger partial charge in [-0.15, -0.1) is 11.3 Å². The maximum Gasteiger partial charge on any atom is 0.151 e. The molecule has 0 aliphatic heterocycles. The molecule has 0 aliphatic carbocycles. The van der Waals surface area contributed by atoms with Crippen molar-refractivity contribution in [2.45, 2.75) is 6.92 Å². The predicted molar refractivity (Wildman–Crippen MR) is 59.6 cm³/mol. The summed E-state index contributed by atoms with van der Waals surface area (Å²) in [5.74, 6) is 0. The lowest BCUT2D eigenvalue weighted by atomic mass is 10.2. The van der Waals surface area contributed by atoms with E-state index in [1.807, 2.05) is 19.1 Å². The normalized spacial score (nSPS) is 10.6. The Hall–Kier alpha value is -0.670. The van der Waals surface area contributed by atoms with E-state index in [9.17, 15) is 4.79 Å². The minimum absolute atomic E-state index is 0.774. The highest BCUT2D eigenvalue weighted by Gasteiger charge is 2.06. The molecule has 0 radical (unpaired) electrons. The average molecular weight is 255 g/mol. The summed E-state index contributed by atoms with van der Waals surface area (Å²) in [6.45, 7) is 2.05. The topological polar surface area (TPSA) is 17.1 Å². The summed E-state index contributed by atoms with van der Waals surface area (Å²) < 4.78 is 2.12.